The van der Waals surface area contributed by atoms with Crippen molar-refractivity contribution in [2.75, 3.05) is 0 Å². The van der Waals surface area contributed by atoms with Gasteiger partial charge in [0.15, 0.2) is 5.78 Å². The molecule has 0 unspecified atom stereocenters. The number of aromatic nitrogens is 2. The number of Topliss-reactive ketones (excluding diaryl/α,β-unsaturated/α-hetero) is 1. The van der Waals surface area contributed by atoms with Crippen LogP contribution in [0.1, 0.15) is 22.8 Å². The van der Waals surface area contributed by atoms with Crippen LogP contribution in [0, 0.1) is 0 Å². The zero-order valence-electron chi connectivity index (χ0n) is 10.1. The fourth-order valence-corrected chi connectivity index (χ4v) is 2.58. The Kier molecular flexibility index (Phi) is 4.39. The Labute approximate surface area is 119 Å². The average Bonchev–Trinajstić information content (AvgIpc) is 2.40. The second kappa shape index (κ2) is 6.04. The van der Waals surface area contributed by atoms with Crippen molar-refractivity contribution in [2.24, 2.45) is 0 Å². The molecule has 2 rings (SSSR count). The van der Waals surface area contributed by atoms with E-state index in [2.05, 4.69) is 9.97 Å². The number of hydrogen-bond donors (Lipinski definition) is 1. The number of thioether (sulfide) groups is 1. The molecule has 0 bridgehead atoms. The summed E-state index contributed by atoms with van der Waals surface area (Å²) in [6, 6.07) is 3.11. The highest BCUT2D eigenvalue weighted by atomic mass is 35.5. The lowest BCUT2D eigenvalue weighted by Gasteiger charge is -2.08. The van der Waals surface area contributed by atoms with Crippen LogP contribution in [0.3, 0.4) is 0 Å². The third kappa shape index (κ3) is 3.45. The zero-order chi connectivity index (χ0) is 13.8. The maximum absolute atomic E-state index is 11.4. The van der Waals surface area contributed by atoms with Crippen molar-refractivity contribution in [3.05, 3.63) is 46.9 Å². The summed E-state index contributed by atoms with van der Waals surface area (Å²) >= 11 is 7.36. The summed E-state index contributed by atoms with van der Waals surface area (Å²) < 4.78 is 0. The standard InChI is InChI=1S/C13H11ClN2O2S/c1-8(17)11-5-10(14)4-9(13(11)18)7-19-12-6-15-2-3-16-12/h2-6,18H,7H2,1H3. The average molecular weight is 295 g/mol. The first-order valence-electron chi connectivity index (χ1n) is 5.49. The van der Waals surface area contributed by atoms with Crippen LogP contribution < -0.4 is 0 Å². The molecule has 1 aromatic heterocycles. The molecule has 1 heterocycles. The lowest BCUT2D eigenvalue weighted by molar-refractivity contribution is 0.101. The molecule has 0 saturated carbocycles. The van der Waals surface area contributed by atoms with Crippen molar-refractivity contribution < 1.29 is 9.90 Å². The van der Waals surface area contributed by atoms with E-state index in [-0.39, 0.29) is 17.1 Å². The van der Waals surface area contributed by atoms with Crippen molar-refractivity contribution >= 4 is 29.1 Å². The van der Waals surface area contributed by atoms with E-state index in [1.165, 1.54) is 24.8 Å². The zero-order valence-corrected chi connectivity index (χ0v) is 11.7. The van der Waals surface area contributed by atoms with E-state index in [1.54, 1.807) is 24.7 Å². The van der Waals surface area contributed by atoms with Crippen LogP contribution in [0.15, 0.2) is 35.7 Å². The first-order valence-corrected chi connectivity index (χ1v) is 6.85. The van der Waals surface area contributed by atoms with E-state index in [4.69, 9.17) is 11.6 Å². The first kappa shape index (κ1) is 13.8. The van der Waals surface area contributed by atoms with E-state index in [1.807, 2.05) is 0 Å². The van der Waals surface area contributed by atoms with Crippen molar-refractivity contribution in [3.8, 4) is 5.75 Å². The molecule has 4 nitrogen and oxygen atoms in total. The number of hydrogen-bond acceptors (Lipinski definition) is 5. The Morgan fingerprint density at radius 2 is 2.21 bits per heavy atom. The minimum absolute atomic E-state index is 0.0201. The van der Waals surface area contributed by atoms with Gasteiger partial charge in [-0.05, 0) is 19.1 Å². The van der Waals surface area contributed by atoms with Gasteiger partial charge in [0.25, 0.3) is 0 Å². The molecule has 0 aliphatic heterocycles. The van der Waals surface area contributed by atoms with Crippen LogP contribution in [-0.4, -0.2) is 20.9 Å². The maximum atomic E-state index is 11.4. The fraction of sp³-hybridized carbons (Fsp3) is 0.154. The van der Waals surface area contributed by atoms with Crippen LogP contribution in [0.25, 0.3) is 0 Å². The third-order valence-corrected chi connectivity index (χ3v) is 3.63. The molecule has 1 N–H and O–H groups in total. The minimum Gasteiger partial charge on any atom is -0.507 e. The van der Waals surface area contributed by atoms with Crippen LogP contribution in [0.2, 0.25) is 5.02 Å². The number of rotatable bonds is 4. The number of nitrogens with zero attached hydrogens (tertiary/aromatic N) is 2. The normalized spacial score (nSPS) is 10.4. The highest BCUT2D eigenvalue weighted by molar-refractivity contribution is 7.98. The Bertz CT molecular complexity index is 605. The van der Waals surface area contributed by atoms with Crippen LogP contribution in [0.4, 0.5) is 0 Å². The molecule has 0 fully saturated rings. The molecule has 0 aliphatic carbocycles. The Hall–Kier alpha value is -1.59. The molecule has 0 atom stereocenters. The van der Waals surface area contributed by atoms with Gasteiger partial charge < -0.3 is 5.11 Å². The smallest absolute Gasteiger partial charge is 0.163 e. The summed E-state index contributed by atoms with van der Waals surface area (Å²) in [7, 11) is 0. The summed E-state index contributed by atoms with van der Waals surface area (Å²) in [5.74, 6) is 0.227. The predicted molar refractivity (Wildman–Crippen MR) is 74.7 cm³/mol. The number of ketones is 1. The molecule has 98 valence electrons. The lowest BCUT2D eigenvalue weighted by atomic mass is 10.1. The van der Waals surface area contributed by atoms with Crippen LogP contribution >= 0.6 is 23.4 Å². The van der Waals surface area contributed by atoms with Gasteiger partial charge in [0.2, 0.25) is 0 Å². The molecule has 6 heteroatoms. The third-order valence-electron chi connectivity index (χ3n) is 2.45. The number of aromatic hydroxyl groups is 1. The number of phenols is 1. The largest absolute Gasteiger partial charge is 0.507 e. The molecular formula is C13H11ClN2O2S. The van der Waals surface area contributed by atoms with Gasteiger partial charge in [-0.3, -0.25) is 9.78 Å². The highest BCUT2D eigenvalue weighted by Crippen LogP contribution is 2.32. The van der Waals surface area contributed by atoms with E-state index in [0.717, 1.165) is 5.03 Å². The van der Waals surface area contributed by atoms with Gasteiger partial charge in [-0.2, -0.15) is 0 Å². The van der Waals surface area contributed by atoms with Gasteiger partial charge in [-0.15, -0.1) is 0 Å². The number of carbonyl (C=O) groups excluding carboxylic acids is 1. The van der Waals surface area contributed by atoms with E-state index in [0.29, 0.717) is 16.3 Å². The molecule has 0 saturated heterocycles. The topological polar surface area (TPSA) is 63.1 Å². The van der Waals surface area contributed by atoms with Gasteiger partial charge in [-0.1, -0.05) is 23.4 Å². The minimum atomic E-state index is -0.217. The fourth-order valence-electron chi connectivity index (χ4n) is 1.55. The molecule has 2 aromatic rings. The summed E-state index contributed by atoms with van der Waals surface area (Å²) in [6.07, 6.45) is 4.83. The molecule has 0 amide bonds. The molecule has 19 heavy (non-hydrogen) atoms. The first-order chi connectivity index (χ1) is 9.08. The van der Waals surface area contributed by atoms with Gasteiger partial charge in [0, 0.05) is 28.7 Å². The van der Waals surface area contributed by atoms with Crippen LogP contribution in [-0.2, 0) is 5.75 Å². The Balaban J connectivity index is 2.23. The second-order valence-corrected chi connectivity index (χ2v) is 5.28. The van der Waals surface area contributed by atoms with Gasteiger partial charge >= 0.3 is 0 Å². The summed E-state index contributed by atoms with van der Waals surface area (Å²) in [5.41, 5.74) is 0.843. The predicted octanol–water partition coefficient (Wildman–Crippen LogP) is 3.33. The number of benzene rings is 1. The van der Waals surface area contributed by atoms with Crippen molar-refractivity contribution in [3.63, 3.8) is 0 Å². The highest BCUT2D eigenvalue weighted by Gasteiger charge is 2.13. The SMILES string of the molecule is CC(=O)c1cc(Cl)cc(CSc2cnccn2)c1O. The lowest BCUT2D eigenvalue weighted by Crippen LogP contribution is -1.96. The molecule has 0 spiro atoms. The maximum Gasteiger partial charge on any atom is 0.163 e. The molecule has 0 aliphatic rings. The van der Waals surface area contributed by atoms with Gasteiger partial charge in [-0.25, -0.2) is 4.98 Å². The van der Waals surface area contributed by atoms with E-state index < -0.39 is 0 Å². The number of carbonyl (C=O) groups is 1. The second-order valence-electron chi connectivity index (χ2n) is 3.85. The quantitative estimate of drug-likeness (QED) is 0.692. The molecular weight excluding hydrogens is 284 g/mol. The number of halogens is 1. The van der Waals surface area contributed by atoms with Crippen molar-refractivity contribution in [1.29, 1.82) is 0 Å². The summed E-state index contributed by atoms with van der Waals surface area (Å²) in [4.78, 5) is 19.5. The number of phenolic OH excluding ortho intramolecular Hbond substituents is 1. The monoisotopic (exact) mass is 294 g/mol. The van der Waals surface area contributed by atoms with Gasteiger partial charge in [0.05, 0.1) is 11.8 Å². The Morgan fingerprint density at radius 1 is 1.42 bits per heavy atom. The van der Waals surface area contributed by atoms with Gasteiger partial charge in [0.1, 0.15) is 10.8 Å². The van der Waals surface area contributed by atoms with E-state index in [9.17, 15) is 9.90 Å². The summed E-state index contributed by atoms with van der Waals surface area (Å²) in [5, 5.41) is 11.2. The van der Waals surface area contributed by atoms with Crippen molar-refractivity contribution in [2.45, 2.75) is 17.7 Å². The van der Waals surface area contributed by atoms with E-state index >= 15 is 0 Å². The molecule has 1 aromatic carbocycles. The van der Waals surface area contributed by atoms with Crippen LogP contribution in [0.5, 0.6) is 5.75 Å². The van der Waals surface area contributed by atoms with Crippen molar-refractivity contribution in [1.82, 2.24) is 9.97 Å². The Morgan fingerprint density at radius 3 is 2.84 bits per heavy atom. The summed E-state index contributed by atoms with van der Waals surface area (Å²) in [6.45, 7) is 1.39. The molecule has 0 radical (unpaired) electrons.